The van der Waals surface area contributed by atoms with E-state index in [2.05, 4.69) is 27.7 Å². The average molecular weight is 384 g/mol. The molecule has 0 unspecified atom stereocenters. The van der Waals surface area contributed by atoms with E-state index in [1.54, 1.807) is 0 Å². The maximum Gasteiger partial charge on any atom is 0.161 e. The Morgan fingerprint density at radius 3 is 2.19 bits per heavy atom. The summed E-state index contributed by atoms with van der Waals surface area (Å²) in [6.45, 7) is 8.49. The molecule has 1 saturated carbocycles. The molecule has 27 heavy (non-hydrogen) atoms. The van der Waals surface area contributed by atoms with E-state index in [0.29, 0.717) is 17.9 Å². The maximum atomic E-state index is 13.2. The quantitative estimate of drug-likeness (QED) is 0.640. The molecule has 2 atom stereocenters. The third-order valence-corrected chi connectivity index (χ3v) is 6.32. The molecular formula is C23H26ClNO2. The van der Waals surface area contributed by atoms with E-state index in [4.69, 9.17) is 16.6 Å². The van der Waals surface area contributed by atoms with Crippen molar-refractivity contribution in [1.82, 2.24) is 0 Å². The zero-order valence-corrected chi connectivity index (χ0v) is 17.2. The van der Waals surface area contributed by atoms with E-state index >= 15 is 0 Å². The molecule has 0 aromatic heterocycles. The average Bonchev–Trinajstić information content (AvgIpc) is 2.51. The summed E-state index contributed by atoms with van der Waals surface area (Å²) in [5, 5.41) is 0.657. The number of rotatable bonds is 1. The number of aliphatic imine (C=N–C) groups is 1. The van der Waals surface area contributed by atoms with Crippen LogP contribution in [0.25, 0.3) is 0 Å². The number of fused-ring (bicyclic) bond motifs is 1. The highest BCUT2D eigenvalue weighted by molar-refractivity contribution is 6.30. The number of nitrogens with zero attached hydrogens (tertiary/aromatic N) is 1. The standard InChI is InChI=1S/C23H26ClNO2/c1-22(2)9-15-20(17(26)11-22)19(13-5-7-14(24)8-6-13)21-16(25-15)10-23(3,4)12-18(21)27/h5-8,19-20H,9-12H2,1-4H3/t19-,20+/m0/s1. The van der Waals surface area contributed by atoms with Crippen molar-refractivity contribution in [3.63, 3.8) is 0 Å². The van der Waals surface area contributed by atoms with Crippen LogP contribution in [0.3, 0.4) is 0 Å². The first-order valence-electron chi connectivity index (χ1n) is 9.68. The van der Waals surface area contributed by atoms with Crippen LogP contribution in [0.2, 0.25) is 5.02 Å². The third-order valence-electron chi connectivity index (χ3n) is 6.07. The minimum atomic E-state index is -0.317. The number of carbonyl (C=O) groups is 2. The molecular weight excluding hydrogens is 358 g/mol. The first-order chi connectivity index (χ1) is 12.6. The Morgan fingerprint density at radius 2 is 1.52 bits per heavy atom. The Balaban J connectivity index is 1.90. The molecule has 4 heteroatoms. The second-order valence-corrected chi connectivity index (χ2v) is 10.3. The summed E-state index contributed by atoms with van der Waals surface area (Å²) in [5.41, 5.74) is 3.44. The van der Waals surface area contributed by atoms with Gasteiger partial charge >= 0.3 is 0 Å². The number of Topliss-reactive ketones (excluding diaryl/α,β-unsaturated/α-hetero) is 2. The van der Waals surface area contributed by atoms with E-state index < -0.39 is 0 Å². The van der Waals surface area contributed by atoms with E-state index in [-0.39, 0.29) is 34.2 Å². The monoisotopic (exact) mass is 383 g/mol. The Kier molecular flexibility index (Phi) is 4.23. The van der Waals surface area contributed by atoms with Crippen LogP contribution in [0.4, 0.5) is 0 Å². The van der Waals surface area contributed by atoms with Gasteiger partial charge in [0.1, 0.15) is 5.78 Å². The number of halogens is 1. The molecule has 1 fully saturated rings. The molecule has 0 amide bonds. The van der Waals surface area contributed by atoms with Gasteiger partial charge in [0.25, 0.3) is 0 Å². The predicted octanol–water partition coefficient (Wildman–Crippen LogP) is 5.53. The van der Waals surface area contributed by atoms with Crippen LogP contribution in [-0.2, 0) is 9.59 Å². The Morgan fingerprint density at radius 1 is 0.889 bits per heavy atom. The molecule has 1 heterocycles. The molecule has 0 radical (unpaired) electrons. The fourth-order valence-electron chi connectivity index (χ4n) is 5.04. The molecule has 1 aromatic rings. The van der Waals surface area contributed by atoms with Gasteiger partial charge in [0.2, 0.25) is 0 Å². The molecule has 0 saturated heterocycles. The molecule has 0 bridgehead atoms. The molecule has 0 N–H and O–H groups in total. The van der Waals surface area contributed by atoms with Gasteiger partial charge in [-0.2, -0.15) is 0 Å². The van der Waals surface area contributed by atoms with Gasteiger partial charge in [0.15, 0.2) is 5.78 Å². The molecule has 3 aliphatic rings. The molecule has 1 aliphatic heterocycles. The van der Waals surface area contributed by atoms with Crippen LogP contribution in [-0.4, -0.2) is 17.3 Å². The number of hydrogen-bond donors (Lipinski definition) is 0. The van der Waals surface area contributed by atoms with Gasteiger partial charge in [-0.05, 0) is 41.4 Å². The van der Waals surface area contributed by atoms with Crippen molar-refractivity contribution in [2.24, 2.45) is 21.7 Å². The molecule has 1 aromatic carbocycles. The zero-order chi connectivity index (χ0) is 19.6. The highest BCUT2D eigenvalue weighted by Crippen LogP contribution is 2.51. The first-order valence-corrected chi connectivity index (χ1v) is 10.1. The number of hydrogen-bond acceptors (Lipinski definition) is 3. The number of allylic oxidation sites excluding steroid dienone is 2. The Hall–Kier alpha value is -1.74. The fourth-order valence-corrected chi connectivity index (χ4v) is 5.17. The van der Waals surface area contributed by atoms with Gasteiger partial charge in [0.05, 0.1) is 5.92 Å². The number of benzene rings is 1. The summed E-state index contributed by atoms with van der Waals surface area (Å²) in [4.78, 5) is 31.2. The lowest BCUT2D eigenvalue weighted by atomic mass is 9.60. The normalized spacial score (nSPS) is 29.1. The van der Waals surface area contributed by atoms with E-state index in [1.807, 2.05) is 24.3 Å². The van der Waals surface area contributed by atoms with Crippen molar-refractivity contribution < 1.29 is 9.59 Å². The largest absolute Gasteiger partial charge is 0.299 e. The maximum absolute atomic E-state index is 13.2. The molecule has 4 rings (SSSR count). The topological polar surface area (TPSA) is 46.5 Å². The van der Waals surface area contributed by atoms with Crippen molar-refractivity contribution >= 4 is 28.9 Å². The van der Waals surface area contributed by atoms with Crippen LogP contribution in [0, 0.1) is 16.7 Å². The van der Waals surface area contributed by atoms with Gasteiger partial charge in [0, 0.05) is 40.8 Å². The zero-order valence-electron chi connectivity index (χ0n) is 16.4. The first kappa shape index (κ1) is 18.6. The summed E-state index contributed by atoms with van der Waals surface area (Å²) in [7, 11) is 0. The van der Waals surface area contributed by atoms with Crippen molar-refractivity contribution in [2.45, 2.75) is 59.3 Å². The highest BCUT2D eigenvalue weighted by atomic mass is 35.5. The van der Waals surface area contributed by atoms with Crippen LogP contribution >= 0.6 is 11.6 Å². The van der Waals surface area contributed by atoms with Gasteiger partial charge in [-0.15, -0.1) is 0 Å². The van der Waals surface area contributed by atoms with Gasteiger partial charge in [-0.25, -0.2) is 0 Å². The van der Waals surface area contributed by atoms with Gasteiger partial charge < -0.3 is 0 Å². The Labute approximate surface area is 165 Å². The molecule has 0 spiro atoms. The second-order valence-electron chi connectivity index (χ2n) is 9.90. The van der Waals surface area contributed by atoms with Crippen LogP contribution in [0.15, 0.2) is 40.5 Å². The van der Waals surface area contributed by atoms with E-state index in [9.17, 15) is 9.59 Å². The molecule has 142 valence electrons. The second kappa shape index (κ2) is 6.13. The predicted molar refractivity (Wildman–Crippen MR) is 108 cm³/mol. The van der Waals surface area contributed by atoms with Gasteiger partial charge in [-0.3, -0.25) is 14.6 Å². The lowest BCUT2D eigenvalue weighted by molar-refractivity contribution is -0.124. The number of carbonyl (C=O) groups excluding carboxylic acids is 2. The summed E-state index contributed by atoms with van der Waals surface area (Å²) < 4.78 is 0. The summed E-state index contributed by atoms with van der Waals surface area (Å²) in [6.07, 6.45) is 2.62. The Bertz CT molecular complexity index is 889. The molecule has 2 aliphatic carbocycles. The van der Waals surface area contributed by atoms with Crippen LogP contribution < -0.4 is 0 Å². The fraction of sp³-hybridized carbons (Fsp3) is 0.522. The van der Waals surface area contributed by atoms with Crippen molar-refractivity contribution in [3.8, 4) is 0 Å². The van der Waals surface area contributed by atoms with Gasteiger partial charge in [-0.1, -0.05) is 51.4 Å². The third kappa shape index (κ3) is 3.31. The summed E-state index contributed by atoms with van der Waals surface area (Å²) in [6, 6.07) is 7.61. The van der Waals surface area contributed by atoms with Crippen LogP contribution in [0.5, 0.6) is 0 Å². The SMILES string of the molecule is CC1(C)CC(=O)[C@H]2C(=NC3=C(C(=O)CC(C)(C)C3)[C@H]2c2ccc(Cl)cc2)C1. The highest BCUT2D eigenvalue weighted by Gasteiger charge is 2.49. The minimum absolute atomic E-state index is 0.0801. The van der Waals surface area contributed by atoms with Crippen molar-refractivity contribution in [1.29, 1.82) is 0 Å². The lowest BCUT2D eigenvalue weighted by Crippen LogP contribution is -2.45. The van der Waals surface area contributed by atoms with Crippen molar-refractivity contribution in [2.75, 3.05) is 0 Å². The minimum Gasteiger partial charge on any atom is -0.299 e. The molecule has 3 nitrogen and oxygen atoms in total. The number of ketones is 2. The lowest BCUT2D eigenvalue weighted by Gasteiger charge is -2.44. The van der Waals surface area contributed by atoms with E-state index in [1.165, 1.54) is 0 Å². The van der Waals surface area contributed by atoms with Crippen molar-refractivity contribution in [3.05, 3.63) is 46.1 Å². The van der Waals surface area contributed by atoms with E-state index in [0.717, 1.165) is 35.4 Å². The smallest absolute Gasteiger partial charge is 0.161 e. The summed E-state index contributed by atoms with van der Waals surface area (Å²) >= 11 is 6.09. The van der Waals surface area contributed by atoms with Crippen LogP contribution in [0.1, 0.15) is 64.9 Å². The summed E-state index contributed by atoms with van der Waals surface area (Å²) in [5.74, 6) is -0.198.